The number of ether oxygens (including phenoxy) is 2. The number of carbonyl (C=O) groups is 2. The van der Waals surface area contributed by atoms with Crippen LogP contribution in [0.1, 0.15) is 0 Å². The summed E-state index contributed by atoms with van der Waals surface area (Å²) in [4.78, 5) is 27.0. The second-order valence-corrected chi connectivity index (χ2v) is 4.30. The highest BCUT2D eigenvalue weighted by molar-refractivity contribution is 6.15. The van der Waals surface area contributed by atoms with E-state index in [-0.39, 0.29) is 5.57 Å². The Hall–Kier alpha value is -2.24. The van der Waals surface area contributed by atoms with Crippen LogP contribution in [0.4, 0.5) is 0 Å². The maximum absolute atomic E-state index is 11.7. The summed E-state index contributed by atoms with van der Waals surface area (Å²) in [7, 11) is 9.66. The van der Waals surface area contributed by atoms with E-state index in [9.17, 15) is 9.59 Å². The number of hydrogen-bond acceptors (Lipinski definition) is 6. The molecule has 0 saturated carbocycles. The first-order valence-electron chi connectivity index (χ1n) is 5.94. The van der Waals surface area contributed by atoms with E-state index >= 15 is 0 Å². The maximum atomic E-state index is 11.7. The van der Waals surface area contributed by atoms with Crippen LogP contribution in [0.2, 0.25) is 0 Å². The molecular formula is C14H22N2O4. The van der Waals surface area contributed by atoms with E-state index in [1.165, 1.54) is 14.2 Å². The Morgan fingerprint density at radius 2 is 1.40 bits per heavy atom. The van der Waals surface area contributed by atoms with Crippen molar-refractivity contribution in [1.82, 2.24) is 9.80 Å². The average Bonchev–Trinajstić information content (AvgIpc) is 2.40. The van der Waals surface area contributed by atoms with Gasteiger partial charge in [-0.15, -0.1) is 0 Å². The summed E-state index contributed by atoms with van der Waals surface area (Å²) >= 11 is 0. The standard InChI is InChI=1S/C14H22N2O4/c1-15(2)10-8-7-9-11(16(3)4)12(13(17)19-5)14(18)20-6/h7-10H,1-6H3/b9-7+,10-8-. The molecule has 112 valence electrons. The van der Waals surface area contributed by atoms with Gasteiger partial charge in [0.1, 0.15) is 0 Å². The average molecular weight is 282 g/mol. The summed E-state index contributed by atoms with van der Waals surface area (Å²) in [6.45, 7) is 0. The summed E-state index contributed by atoms with van der Waals surface area (Å²) in [5.41, 5.74) is 0.265. The molecule has 0 radical (unpaired) electrons. The molecule has 0 aromatic heterocycles. The van der Waals surface area contributed by atoms with Crippen molar-refractivity contribution in [2.45, 2.75) is 0 Å². The zero-order valence-corrected chi connectivity index (χ0v) is 12.8. The quantitative estimate of drug-likeness (QED) is 0.236. The van der Waals surface area contributed by atoms with Crippen molar-refractivity contribution in [3.63, 3.8) is 0 Å². The predicted molar refractivity (Wildman–Crippen MR) is 76.7 cm³/mol. The molecule has 0 heterocycles. The largest absolute Gasteiger partial charge is 0.465 e. The summed E-state index contributed by atoms with van der Waals surface area (Å²) in [5.74, 6) is -1.47. The van der Waals surface area contributed by atoms with Crippen LogP contribution >= 0.6 is 0 Å². The monoisotopic (exact) mass is 282 g/mol. The fourth-order valence-corrected chi connectivity index (χ4v) is 1.32. The lowest BCUT2D eigenvalue weighted by atomic mass is 10.1. The molecule has 0 aliphatic heterocycles. The van der Waals surface area contributed by atoms with Gasteiger partial charge in [0, 0.05) is 28.2 Å². The van der Waals surface area contributed by atoms with E-state index in [0.717, 1.165) is 0 Å². The second kappa shape index (κ2) is 8.79. The van der Waals surface area contributed by atoms with Gasteiger partial charge in [0.05, 0.1) is 19.9 Å². The molecular weight excluding hydrogens is 260 g/mol. The number of nitrogens with zero attached hydrogens (tertiary/aromatic N) is 2. The van der Waals surface area contributed by atoms with Crippen molar-refractivity contribution < 1.29 is 19.1 Å². The molecule has 6 nitrogen and oxygen atoms in total. The van der Waals surface area contributed by atoms with E-state index in [0.29, 0.717) is 5.70 Å². The fourth-order valence-electron chi connectivity index (χ4n) is 1.32. The zero-order valence-electron chi connectivity index (χ0n) is 12.8. The second-order valence-electron chi connectivity index (χ2n) is 4.30. The Morgan fingerprint density at radius 3 is 1.75 bits per heavy atom. The van der Waals surface area contributed by atoms with Gasteiger partial charge in [0.25, 0.3) is 0 Å². The lowest BCUT2D eigenvalue weighted by Crippen LogP contribution is -2.23. The van der Waals surface area contributed by atoms with Gasteiger partial charge in [-0.25, -0.2) is 9.59 Å². The normalized spacial score (nSPS) is 10.5. The molecule has 0 saturated heterocycles. The van der Waals surface area contributed by atoms with Gasteiger partial charge in [0.15, 0.2) is 5.57 Å². The number of methoxy groups -OCH3 is 2. The molecule has 20 heavy (non-hydrogen) atoms. The molecule has 0 aromatic rings. The fraction of sp³-hybridized carbons (Fsp3) is 0.429. The van der Waals surface area contributed by atoms with Crippen molar-refractivity contribution in [2.75, 3.05) is 42.4 Å². The third kappa shape index (κ3) is 5.60. The van der Waals surface area contributed by atoms with Gasteiger partial charge < -0.3 is 19.3 Å². The number of esters is 2. The van der Waals surface area contributed by atoms with Crippen LogP contribution in [0.5, 0.6) is 0 Å². The van der Waals surface area contributed by atoms with E-state index in [4.69, 9.17) is 0 Å². The SMILES string of the molecule is COC(=O)C(C(=O)OC)=C(/C=C/C=C\N(C)C)N(C)C. The maximum Gasteiger partial charge on any atom is 0.347 e. The molecule has 0 aliphatic carbocycles. The molecule has 0 atom stereocenters. The molecule has 0 rings (SSSR count). The highest BCUT2D eigenvalue weighted by Crippen LogP contribution is 2.13. The summed E-state index contributed by atoms with van der Waals surface area (Å²) in [6.07, 6.45) is 6.99. The molecule has 0 aliphatic rings. The lowest BCUT2D eigenvalue weighted by Gasteiger charge is -2.17. The number of likely N-dealkylation sites (N-methyl/N-ethyl adjacent to an activating group) is 1. The predicted octanol–water partition coefficient (Wildman–Crippen LogP) is 0.780. The first-order chi connectivity index (χ1) is 9.34. The van der Waals surface area contributed by atoms with E-state index in [2.05, 4.69) is 9.47 Å². The van der Waals surface area contributed by atoms with Crippen LogP contribution in [-0.2, 0) is 19.1 Å². The van der Waals surface area contributed by atoms with Crippen molar-refractivity contribution in [1.29, 1.82) is 0 Å². The molecule has 0 fully saturated rings. The Balaban J connectivity index is 5.60. The third-order valence-electron chi connectivity index (χ3n) is 2.27. The minimum Gasteiger partial charge on any atom is -0.465 e. The third-order valence-corrected chi connectivity index (χ3v) is 2.27. The molecule has 0 aromatic carbocycles. The van der Waals surface area contributed by atoms with Crippen molar-refractivity contribution in [3.8, 4) is 0 Å². The van der Waals surface area contributed by atoms with Gasteiger partial charge in [-0.2, -0.15) is 0 Å². The van der Waals surface area contributed by atoms with E-state index < -0.39 is 11.9 Å². The summed E-state index contributed by atoms with van der Waals surface area (Å²) in [5, 5.41) is 0. The topological polar surface area (TPSA) is 59.1 Å². The van der Waals surface area contributed by atoms with Gasteiger partial charge in [-0.1, -0.05) is 6.08 Å². The van der Waals surface area contributed by atoms with Crippen molar-refractivity contribution in [2.24, 2.45) is 0 Å². The number of carbonyl (C=O) groups excluding carboxylic acids is 2. The summed E-state index contributed by atoms with van der Waals surface area (Å²) < 4.78 is 9.25. The van der Waals surface area contributed by atoms with Crippen LogP contribution in [-0.4, -0.2) is 64.1 Å². The minimum atomic E-state index is -0.734. The highest BCUT2D eigenvalue weighted by atomic mass is 16.5. The smallest absolute Gasteiger partial charge is 0.347 e. The number of rotatable bonds is 6. The van der Waals surface area contributed by atoms with Crippen molar-refractivity contribution >= 4 is 11.9 Å². The molecule has 0 spiro atoms. The lowest BCUT2D eigenvalue weighted by molar-refractivity contribution is -0.144. The number of allylic oxidation sites excluding steroid dienone is 3. The Bertz CT molecular complexity index is 416. The molecule has 6 heteroatoms. The van der Waals surface area contributed by atoms with Crippen LogP contribution in [0.3, 0.4) is 0 Å². The van der Waals surface area contributed by atoms with Crippen LogP contribution in [0.25, 0.3) is 0 Å². The minimum absolute atomic E-state index is 0.144. The Kier molecular flexibility index (Phi) is 7.81. The molecule has 0 unspecified atom stereocenters. The van der Waals surface area contributed by atoms with E-state index in [1.807, 2.05) is 25.2 Å². The summed E-state index contributed by atoms with van der Waals surface area (Å²) in [6, 6.07) is 0. The zero-order chi connectivity index (χ0) is 15.7. The van der Waals surface area contributed by atoms with Crippen LogP contribution in [0, 0.1) is 0 Å². The Morgan fingerprint density at radius 1 is 0.900 bits per heavy atom. The van der Waals surface area contributed by atoms with Crippen molar-refractivity contribution in [3.05, 3.63) is 35.7 Å². The molecule has 0 N–H and O–H groups in total. The molecule has 0 amide bonds. The van der Waals surface area contributed by atoms with E-state index in [1.54, 1.807) is 37.2 Å². The van der Waals surface area contributed by atoms with Crippen LogP contribution in [0.15, 0.2) is 35.7 Å². The first-order valence-corrected chi connectivity index (χ1v) is 5.94. The van der Waals surface area contributed by atoms with Gasteiger partial charge in [-0.3, -0.25) is 0 Å². The number of hydrogen-bond donors (Lipinski definition) is 0. The highest BCUT2D eigenvalue weighted by Gasteiger charge is 2.24. The van der Waals surface area contributed by atoms with Crippen LogP contribution < -0.4 is 0 Å². The first kappa shape index (κ1) is 17.8. The van der Waals surface area contributed by atoms with Gasteiger partial charge in [-0.05, 0) is 18.4 Å². The molecule has 0 bridgehead atoms. The van der Waals surface area contributed by atoms with Gasteiger partial charge >= 0.3 is 11.9 Å². The van der Waals surface area contributed by atoms with Gasteiger partial charge in [0.2, 0.25) is 0 Å². The Labute approximate surface area is 119 Å².